The standard InChI is InChI=1S/C27H51N2.C10H12O.2ClH.Ru/c1-18(2)22-11-9-12-23(19(3)4)26(22)28-15-16-29(17-28)27-24(20(5)6)13-10-14-25(27)21(7)8;1-8(2)11-10-7-5-4-6-9(10)3;;;/h17-27H,9-16H2,1-8H3;3-8H,1-2H3;2*1H;/q-1;;;;+2/p-2. The van der Waals surface area contributed by atoms with E-state index in [4.69, 9.17) is 24.1 Å². The van der Waals surface area contributed by atoms with E-state index in [1.54, 1.807) is 0 Å². The van der Waals surface area contributed by atoms with Gasteiger partial charge in [0, 0.05) is 0 Å². The average Bonchev–Trinajstić information content (AvgIpc) is 3.42. The zero-order chi connectivity index (χ0) is 31.8. The van der Waals surface area contributed by atoms with Crippen LogP contribution in [0.4, 0.5) is 0 Å². The average molecular weight is 724 g/mol. The molecule has 3 aliphatic rings. The first-order valence-corrected chi connectivity index (χ1v) is 22.7. The van der Waals surface area contributed by atoms with Crippen molar-refractivity contribution in [1.29, 1.82) is 0 Å². The van der Waals surface area contributed by atoms with Crippen LogP contribution in [0.3, 0.4) is 0 Å². The second kappa shape index (κ2) is 17.8. The van der Waals surface area contributed by atoms with Gasteiger partial charge in [-0.15, -0.1) is 0 Å². The van der Waals surface area contributed by atoms with Crippen LogP contribution in [0.25, 0.3) is 0 Å². The minimum atomic E-state index is -1.77. The molecule has 1 aliphatic heterocycles. The molecule has 4 unspecified atom stereocenters. The Labute approximate surface area is 279 Å². The Morgan fingerprint density at radius 3 is 1.44 bits per heavy atom. The number of para-hydroxylation sites is 1. The van der Waals surface area contributed by atoms with Gasteiger partial charge in [0.25, 0.3) is 0 Å². The molecule has 0 spiro atoms. The summed E-state index contributed by atoms with van der Waals surface area (Å²) in [6, 6.07) is 9.29. The second-order valence-corrected chi connectivity index (χ2v) is 20.8. The molecule has 0 aromatic heterocycles. The van der Waals surface area contributed by atoms with Crippen molar-refractivity contribution < 1.29 is 18.3 Å². The van der Waals surface area contributed by atoms with Crippen molar-refractivity contribution >= 4 is 24.0 Å². The molecule has 250 valence electrons. The van der Waals surface area contributed by atoms with Crippen molar-refractivity contribution in [1.82, 2.24) is 9.80 Å². The van der Waals surface area contributed by atoms with Gasteiger partial charge in [-0.25, -0.2) is 6.67 Å². The van der Waals surface area contributed by atoms with Gasteiger partial charge in [0.15, 0.2) is 0 Å². The van der Waals surface area contributed by atoms with E-state index in [1.165, 1.54) is 51.6 Å². The van der Waals surface area contributed by atoms with E-state index in [9.17, 15) is 0 Å². The number of halogens is 2. The van der Waals surface area contributed by atoms with Crippen LogP contribution < -0.4 is 4.74 Å². The quantitative estimate of drug-likeness (QED) is 0.186. The zero-order valence-corrected chi connectivity index (χ0v) is 32.1. The summed E-state index contributed by atoms with van der Waals surface area (Å²) in [4.78, 5) is 5.66. The van der Waals surface area contributed by atoms with Crippen molar-refractivity contribution in [3.63, 3.8) is 0 Å². The molecular formula is C37H63Cl2N2ORu-. The van der Waals surface area contributed by atoms with Crippen molar-refractivity contribution in [2.24, 2.45) is 47.3 Å². The summed E-state index contributed by atoms with van der Waals surface area (Å²) in [6.45, 7) is 28.9. The van der Waals surface area contributed by atoms with Crippen molar-refractivity contribution in [3.05, 3.63) is 36.5 Å². The molecule has 1 aromatic carbocycles. The Hall–Kier alpha value is 0.0134. The van der Waals surface area contributed by atoms with Crippen LogP contribution in [0, 0.1) is 54.0 Å². The molecule has 0 radical (unpaired) electrons. The van der Waals surface area contributed by atoms with Gasteiger partial charge in [-0.2, -0.15) is 0 Å². The van der Waals surface area contributed by atoms with Crippen LogP contribution >= 0.6 is 19.4 Å². The van der Waals surface area contributed by atoms with Crippen LogP contribution in [-0.4, -0.2) is 45.7 Å². The number of nitrogens with zero attached hydrogens (tertiary/aromatic N) is 2. The summed E-state index contributed by atoms with van der Waals surface area (Å²) in [5, 5.41) is 0. The fourth-order valence-electron chi connectivity index (χ4n) is 8.39. The Morgan fingerprint density at radius 2 is 1.09 bits per heavy atom. The molecule has 0 N–H and O–H groups in total. The minimum absolute atomic E-state index is 0.163. The molecule has 3 nitrogen and oxygen atoms in total. The molecule has 4 atom stereocenters. The molecule has 2 saturated carbocycles. The summed E-state index contributed by atoms with van der Waals surface area (Å²) >= 11 is -1.77. The zero-order valence-electron chi connectivity index (χ0n) is 28.9. The third-order valence-electron chi connectivity index (χ3n) is 10.5. The van der Waals surface area contributed by atoms with Gasteiger partial charge in [0.05, 0.1) is 0 Å². The van der Waals surface area contributed by atoms with Gasteiger partial charge in [0.2, 0.25) is 0 Å². The fourth-order valence-corrected chi connectivity index (χ4v) is 10.2. The Balaban J connectivity index is 0.000000303. The Kier molecular flexibility index (Phi) is 15.5. The van der Waals surface area contributed by atoms with E-state index < -0.39 is 13.5 Å². The van der Waals surface area contributed by atoms with Gasteiger partial charge in [-0.05, 0) is 98.2 Å². The van der Waals surface area contributed by atoms with Crippen molar-refractivity contribution in [2.75, 3.05) is 13.1 Å². The maximum atomic E-state index is 5.82. The van der Waals surface area contributed by atoms with Crippen LogP contribution in [0.2, 0.25) is 0 Å². The SMILES string of the molecule is CC(C)C1CCCC(C(C)C)C1N1[CH-]N(C2C(C(C)C)CCCC2C(C)C)CC1.CC(C)Oc1ccccc1[CH]=[Ru]([Cl])[Cl]. The Bertz CT molecular complexity index is 917. The number of rotatable bonds is 9. The topological polar surface area (TPSA) is 15.7 Å². The maximum absolute atomic E-state index is 5.82. The molecule has 43 heavy (non-hydrogen) atoms. The fraction of sp³-hybridized carbons (Fsp3) is 0.784. The molecule has 3 fully saturated rings. The first kappa shape index (κ1) is 37.5. The number of ether oxygens (including phenoxy) is 1. The summed E-state index contributed by atoms with van der Waals surface area (Å²) in [6.07, 6.45) is 8.77. The molecule has 1 heterocycles. The molecule has 1 saturated heterocycles. The van der Waals surface area contributed by atoms with Crippen LogP contribution in [0.1, 0.15) is 113 Å². The molecule has 2 aliphatic carbocycles. The van der Waals surface area contributed by atoms with Gasteiger partial charge < -0.3 is 9.80 Å². The van der Waals surface area contributed by atoms with E-state index in [1.807, 2.05) is 42.7 Å². The summed E-state index contributed by atoms with van der Waals surface area (Å²) in [7, 11) is 11.6. The van der Waals surface area contributed by atoms with Gasteiger partial charge in [-0.3, -0.25) is 0 Å². The molecular weight excluding hydrogens is 660 g/mol. The number of hydrogen-bond donors (Lipinski definition) is 0. The molecule has 1 aromatic rings. The first-order chi connectivity index (χ1) is 20.3. The number of hydrogen-bond acceptors (Lipinski definition) is 3. The van der Waals surface area contributed by atoms with E-state index in [0.29, 0.717) is 0 Å². The molecule has 0 amide bonds. The number of benzene rings is 1. The molecule has 6 heteroatoms. The molecule has 4 rings (SSSR count). The Morgan fingerprint density at radius 1 is 0.698 bits per heavy atom. The van der Waals surface area contributed by atoms with Gasteiger partial charge >= 0.3 is 97.8 Å². The van der Waals surface area contributed by atoms with Crippen LogP contribution in [-0.2, 0) is 13.5 Å². The van der Waals surface area contributed by atoms with E-state index in [0.717, 1.165) is 70.7 Å². The van der Waals surface area contributed by atoms with E-state index >= 15 is 0 Å². The van der Waals surface area contributed by atoms with Gasteiger partial charge in [0.1, 0.15) is 0 Å². The van der Waals surface area contributed by atoms with E-state index in [-0.39, 0.29) is 6.10 Å². The van der Waals surface area contributed by atoms with Crippen LogP contribution in [0.15, 0.2) is 24.3 Å². The normalized spacial score (nSPS) is 29.4. The van der Waals surface area contributed by atoms with E-state index in [2.05, 4.69) is 71.9 Å². The third kappa shape index (κ3) is 10.5. The second-order valence-electron chi connectivity index (χ2n) is 15.1. The predicted molar refractivity (Wildman–Crippen MR) is 185 cm³/mol. The third-order valence-corrected chi connectivity index (χ3v) is 12.3. The predicted octanol–water partition coefficient (Wildman–Crippen LogP) is 10.5. The monoisotopic (exact) mass is 723 g/mol. The van der Waals surface area contributed by atoms with Crippen LogP contribution in [0.5, 0.6) is 5.75 Å². The first-order valence-electron chi connectivity index (χ1n) is 17.3. The van der Waals surface area contributed by atoms with Crippen molar-refractivity contribution in [2.45, 2.75) is 126 Å². The van der Waals surface area contributed by atoms with Crippen molar-refractivity contribution in [3.8, 4) is 5.75 Å². The van der Waals surface area contributed by atoms with Gasteiger partial charge in [-0.1, -0.05) is 68.2 Å². The summed E-state index contributed by atoms with van der Waals surface area (Å²) in [5.41, 5.74) is 0.991. The molecule has 0 bridgehead atoms. The summed E-state index contributed by atoms with van der Waals surface area (Å²) < 4.78 is 7.51. The summed E-state index contributed by atoms with van der Waals surface area (Å²) in [5.74, 6) is 7.48.